The van der Waals surface area contributed by atoms with Crippen molar-refractivity contribution in [3.8, 4) is 5.75 Å². The maximum atomic E-state index is 13.6. The van der Waals surface area contributed by atoms with Crippen molar-refractivity contribution < 1.29 is 23.6 Å². The minimum absolute atomic E-state index is 0.0447. The van der Waals surface area contributed by atoms with Crippen molar-refractivity contribution in [2.45, 2.75) is 25.0 Å². The molecule has 1 amide bonds. The van der Waals surface area contributed by atoms with Crippen LogP contribution in [0, 0.1) is 15.9 Å². The van der Waals surface area contributed by atoms with E-state index in [0.717, 1.165) is 12.1 Å². The molecule has 1 heterocycles. The smallest absolute Gasteiger partial charge is 0.272 e. The van der Waals surface area contributed by atoms with E-state index >= 15 is 0 Å². The molecule has 1 aromatic rings. The molecular weight excluding hydrogens is 285 g/mol. The third kappa shape index (κ3) is 3.64. The van der Waals surface area contributed by atoms with Crippen LogP contribution in [0.4, 0.5) is 10.1 Å². The van der Waals surface area contributed by atoms with Crippen LogP contribution in [0.15, 0.2) is 18.2 Å². The third-order valence-electron chi connectivity index (χ3n) is 3.09. The number of nitrogens with two attached hydrogens (primary N) is 1. The topological polar surface area (TPSA) is 117 Å². The van der Waals surface area contributed by atoms with Gasteiger partial charge in [0.15, 0.2) is 11.6 Å². The molecule has 2 rings (SSSR count). The SMILES string of the molecule is NNC(=O)C1CCC(COc2ccc([N+](=O)[O-])cc2F)O1. The molecule has 0 radical (unpaired) electrons. The van der Waals surface area contributed by atoms with Crippen LogP contribution in [0.25, 0.3) is 0 Å². The number of ether oxygens (including phenoxy) is 2. The highest BCUT2D eigenvalue weighted by Gasteiger charge is 2.30. The molecule has 8 nitrogen and oxygen atoms in total. The molecule has 0 saturated carbocycles. The second-order valence-electron chi connectivity index (χ2n) is 4.52. The zero-order chi connectivity index (χ0) is 15.4. The Labute approximate surface area is 119 Å². The normalized spacial score (nSPS) is 21.0. The molecule has 0 aromatic heterocycles. The van der Waals surface area contributed by atoms with Gasteiger partial charge in [0.1, 0.15) is 12.7 Å². The molecule has 0 spiro atoms. The van der Waals surface area contributed by atoms with Gasteiger partial charge in [0.2, 0.25) is 0 Å². The third-order valence-corrected chi connectivity index (χ3v) is 3.09. The Morgan fingerprint density at radius 3 is 2.95 bits per heavy atom. The summed E-state index contributed by atoms with van der Waals surface area (Å²) < 4.78 is 24.2. The number of amides is 1. The van der Waals surface area contributed by atoms with Gasteiger partial charge < -0.3 is 9.47 Å². The number of hydrogen-bond acceptors (Lipinski definition) is 6. The number of halogens is 1. The molecule has 2 unspecified atom stereocenters. The lowest BCUT2D eigenvalue weighted by Crippen LogP contribution is -2.39. The lowest BCUT2D eigenvalue weighted by atomic mass is 10.2. The molecule has 1 aliphatic rings. The highest BCUT2D eigenvalue weighted by Crippen LogP contribution is 2.25. The molecule has 1 aromatic carbocycles. The maximum absolute atomic E-state index is 13.6. The molecule has 1 fully saturated rings. The van der Waals surface area contributed by atoms with Crippen LogP contribution in [0.2, 0.25) is 0 Å². The van der Waals surface area contributed by atoms with Gasteiger partial charge in [-0.3, -0.25) is 20.3 Å². The zero-order valence-electron chi connectivity index (χ0n) is 11.0. The fourth-order valence-electron chi connectivity index (χ4n) is 2.02. The first-order valence-corrected chi connectivity index (χ1v) is 6.24. The van der Waals surface area contributed by atoms with Gasteiger partial charge in [0.05, 0.1) is 17.1 Å². The van der Waals surface area contributed by atoms with Crippen molar-refractivity contribution >= 4 is 11.6 Å². The summed E-state index contributed by atoms with van der Waals surface area (Å²) in [5, 5.41) is 10.5. The van der Waals surface area contributed by atoms with E-state index < -0.39 is 22.8 Å². The van der Waals surface area contributed by atoms with E-state index in [2.05, 4.69) is 0 Å². The Morgan fingerprint density at radius 1 is 1.57 bits per heavy atom. The van der Waals surface area contributed by atoms with Gasteiger partial charge in [-0.15, -0.1) is 0 Å². The lowest BCUT2D eigenvalue weighted by molar-refractivity contribution is -0.385. The second kappa shape index (κ2) is 6.46. The second-order valence-corrected chi connectivity index (χ2v) is 4.52. The minimum Gasteiger partial charge on any atom is -0.488 e. The summed E-state index contributed by atoms with van der Waals surface area (Å²) >= 11 is 0. The van der Waals surface area contributed by atoms with Gasteiger partial charge in [-0.2, -0.15) is 0 Å². The minimum atomic E-state index is -0.821. The summed E-state index contributed by atoms with van der Waals surface area (Å²) in [6, 6.07) is 3.13. The van der Waals surface area contributed by atoms with E-state index in [1.54, 1.807) is 0 Å². The van der Waals surface area contributed by atoms with Crippen molar-refractivity contribution in [1.82, 2.24) is 5.43 Å². The van der Waals surface area contributed by atoms with E-state index in [1.165, 1.54) is 6.07 Å². The van der Waals surface area contributed by atoms with Crippen molar-refractivity contribution in [3.63, 3.8) is 0 Å². The van der Waals surface area contributed by atoms with Crippen LogP contribution in [-0.2, 0) is 9.53 Å². The van der Waals surface area contributed by atoms with E-state index in [0.29, 0.717) is 12.8 Å². The van der Waals surface area contributed by atoms with Crippen molar-refractivity contribution in [2.24, 2.45) is 5.84 Å². The van der Waals surface area contributed by atoms with Crippen molar-refractivity contribution in [2.75, 3.05) is 6.61 Å². The first kappa shape index (κ1) is 15.1. The zero-order valence-corrected chi connectivity index (χ0v) is 11.0. The number of nitro groups is 1. The molecule has 0 aliphatic carbocycles. The Morgan fingerprint density at radius 2 is 2.33 bits per heavy atom. The molecule has 1 saturated heterocycles. The average Bonchev–Trinajstić information content (AvgIpc) is 2.93. The number of carbonyl (C=O) groups is 1. The average molecular weight is 299 g/mol. The predicted octanol–water partition coefficient (Wildman–Crippen LogP) is 0.650. The monoisotopic (exact) mass is 299 g/mol. The molecular formula is C12H14FN3O5. The number of hydrogen-bond donors (Lipinski definition) is 2. The Hall–Kier alpha value is -2.26. The van der Waals surface area contributed by atoms with Crippen LogP contribution < -0.4 is 16.0 Å². The summed E-state index contributed by atoms with van der Waals surface area (Å²) in [5.41, 5.74) is 1.65. The predicted molar refractivity (Wildman–Crippen MR) is 68.8 cm³/mol. The van der Waals surface area contributed by atoms with Crippen LogP contribution in [0.3, 0.4) is 0 Å². The number of hydrazine groups is 1. The molecule has 1 aliphatic heterocycles. The Balaban J connectivity index is 1.89. The van der Waals surface area contributed by atoms with Crippen LogP contribution in [0.5, 0.6) is 5.75 Å². The van der Waals surface area contributed by atoms with E-state index in [9.17, 15) is 19.3 Å². The highest BCUT2D eigenvalue weighted by molar-refractivity contribution is 5.80. The fraction of sp³-hybridized carbons (Fsp3) is 0.417. The van der Waals surface area contributed by atoms with E-state index in [4.69, 9.17) is 15.3 Å². The lowest BCUT2D eigenvalue weighted by Gasteiger charge is -2.14. The summed E-state index contributed by atoms with van der Waals surface area (Å²) in [6.07, 6.45) is 0.0825. The molecule has 0 bridgehead atoms. The largest absolute Gasteiger partial charge is 0.488 e. The summed E-state index contributed by atoms with van der Waals surface area (Å²) in [7, 11) is 0. The van der Waals surface area contributed by atoms with Crippen molar-refractivity contribution in [1.29, 1.82) is 0 Å². The van der Waals surface area contributed by atoms with Crippen LogP contribution in [-0.4, -0.2) is 29.6 Å². The number of rotatable bonds is 5. The summed E-state index contributed by atoms with van der Waals surface area (Å²) in [6.45, 7) is 0.0447. The first-order valence-electron chi connectivity index (χ1n) is 6.24. The van der Waals surface area contributed by atoms with Gasteiger partial charge in [-0.1, -0.05) is 0 Å². The van der Waals surface area contributed by atoms with Gasteiger partial charge >= 0.3 is 0 Å². The van der Waals surface area contributed by atoms with Gasteiger partial charge in [-0.05, 0) is 18.9 Å². The summed E-state index contributed by atoms with van der Waals surface area (Å²) in [4.78, 5) is 21.1. The molecule has 21 heavy (non-hydrogen) atoms. The Bertz CT molecular complexity index is 554. The maximum Gasteiger partial charge on any atom is 0.272 e. The highest BCUT2D eigenvalue weighted by atomic mass is 19.1. The number of nitrogens with one attached hydrogen (secondary N) is 1. The molecule has 3 N–H and O–H groups in total. The van der Waals surface area contributed by atoms with Gasteiger partial charge in [-0.25, -0.2) is 10.2 Å². The van der Waals surface area contributed by atoms with Crippen molar-refractivity contribution in [3.05, 3.63) is 34.1 Å². The van der Waals surface area contributed by atoms with E-state index in [1.807, 2.05) is 5.43 Å². The van der Waals surface area contributed by atoms with Gasteiger partial charge in [0, 0.05) is 6.07 Å². The Kier molecular flexibility index (Phi) is 4.66. The number of carbonyl (C=O) groups excluding carboxylic acids is 1. The molecule has 9 heteroatoms. The quantitative estimate of drug-likeness (QED) is 0.357. The molecule has 2 atom stereocenters. The summed E-state index contributed by atoms with van der Waals surface area (Å²) in [5.74, 6) is 3.67. The number of nitrogens with zero attached hydrogens (tertiary/aromatic N) is 1. The van der Waals surface area contributed by atoms with Crippen LogP contribution >= 0.6 is 0 Å². The number of benzene rings is 1. The molecule has 114 valence electrons. The number of non-ortho nitro benzene ring substituents is 1. The fourth-order valence-corrected chi connectivity index (χ4v) is 2.02. The van der Waals surface area contributed by atoms with Crippen LogP contribution in [0.1, 0.15) is 12.8 Å². The number of nitro benzene ring substituents is 1. The van der Waals surface area contributed by atoms with Gasteiger partial charge in [0.25, 0.3) is 11.6 Å². The van der Waals surface area contributed by atoms with E-state index in [-0.39, 0.29) is 24.1 Å². The standard InChI is InChI=1S/C12H14FN3O5/c13-9-5-7(16(18)19)1-3-10(9)20-6-8-2-4-11(21-8)12(17)15-14/h1,3,5,8,11H,2,4,6,14H2,(H,15,17). The first-order chi connectivity index (χ1) is 10.0.